The van der Waals surface area contributed by atoms with Gasteiger partial charge in [-0.15, -0.1) is 0 Å². The Morgan fingerprint density at radius 1 is 1.40 bits per heavy atom. The van der Waals surface area contributed by atoms with E-state index in [-0.39, 0.29) is 5.91 Å². The van der Waals surface area contributed by atoms with Gasteiger partial charge in [0.05, 0.1) is 17.7 Å². The van der Waals surface area contributed by atoms with Gasteiger partial charge in [0.15, 0.2) is 11.5 Å². The molecule has 0 fully saturated rings. The minimum Gasteiger partial charge on any atom is -0.490 e. The predicted molar refractivity (Wildman–Crippen MR) is 82.0 cm³/mol. The first-order valence-electron chi connectivity index (χ1n) is 6.61. The van der Waals surface area contributed by atoms with Crippen molar-refractivity contribution in [3.05, 3.63) is 22.2 Å². The molecule has 0 atom stereocenters. The van der Waals surface area contributed by atoms with E-state index in [4.69, 9.17) is 15.2 Å². The molecule has 1 aromatic rings. The van der Waals surface area contributed by atoms with Crippen molar-refractivity contribution in [1.82, 2.24) is 5.32 Å². The normalized spacial score (nSPS) is 10.2. The van der Waals surface area contributed by atoms with Crippen LogP contribution >= 0.6 is 15.9 Å². The van der Waals surface area contributed by atoms with Crippen molar-refractivity contribution >= 4 is 21.8 Å². The molecule has 1 rings (SSSR count). The highest BCUT2D eigenvalue weighted by molar-refractivity contribution is 9.10. The fourth-order valence-electron chi connectivity index (χ4n) is 1.67. The predicted octanol–water partition coefficient (Wildman–Crippen LogP) is 2.21. The molecule has 0 aromatic heterocycles. The number of nitrogens with one attached hydrogen (secondary N) is 1. The molecule has 0 aliphatic carbocycles. The van der Waals surface area contributed by atoms with Crippen molar-refractivity contribution in [1.29, 1.82) is 0 Å². The summed E-state index contributed by atoms with van der Waals surface area (Å²) in [6.45, 7) is 3.36. The number of amides is 1. The number of hydrogen-bond acceptors (Lipinski definition) is 4. The molecular formula is C14H21BrN2O3. The van der Waals surface area contributed by atoms with Crippen molar-refractivity contribution in [2.75, 3.05) is 20.3 Å². The van der Waals surface area contributed by atoms with Crippen LogP contribution in [0.5, 0.6) is 11.5 Å². The van der Waals surface area contributed by atoms with Crippen LogP contribution in [0, 0.1) is 0 Å². The third kappa shape index (κ3) is 5.02. The standard InChI is InChI=1S/C14H21BrN2O3/c1-3-19-12-8-10(9-16)7-11(15)14(12)20-6-4-5-13(18)17-2/h7-8H,3-6,9,16H2,1-2H3,(H,17,18). The maximum atomic E-state index is 11.1. The maximum Gasteiger partial charge on any atom is 0.219 e. The van der Waals surface area contributed by atoms with E-state index in [9.17, 15) is 4.79 Å². The summed E-state index contributed by atoms with van der Waals surface area (Å²) in [7, 11) is 1.62. The van der Waals surface area contributed by atoms with Gasteiger partial charge in [-0.2, -0.15) is 0 Å². The van der Waals surface area contributed by atoms with Crippen molar-refractivity contribution < 1.29 is 14.3 Å². The summed E-state index contributed by atoms with van der Waals surface area (Å²) in [5, 5.41) is 2.58. The molecule has 0 saturated heterocycles. The highest BCUT2D eigenvalue weighted by Crippen LogP contribution is 2.37. The Hall–Kier alpha value is -1.27. The Labute approximate surface area is 127 Å². The number of hydrogen-bond donors (Lipinski definition) is 2. The first kappa shape index (κ1) is 16.8. The van der Waals surface area contributed by atoms with Crippen LogP contribution in [-0.4, -0.2) is 26.2 Å². The second-order valence-corrected chi connectivity index (χ2v) is 5.02. The minimum absolute atomic E-state index is 0.0103. The first-order valence-corrected chi connectivity index (χ1v) is 7.40. The molecule has 0 saturated carbocycles. The van der Waals surface area contributed by atoms with Gasteiger partial charge in [0.25, 0.3) is 0 Å². The van der Waals surface area contributed by atoms with Crippen LogP contribution in [0.3, 0.4) is 0 Å². The SMILES string of the molecule is CCOc1cc(CN)cc(Br)c1OCCCC(=O)NC. The Kier molecular flexibility index (Phi) is 7.40. The lowest BCUT2D eigenvalue weighted by Gasteiger charge is -2.15. The molecular weight excluding hydrogens is 324 g/mol. The van der Waals surface area contributed by atoms with E-state index in [0.29, 0.717) is 44.1 Å². The lowest BCUT2D eigenvalue weighted by atomic mass is 10.2. The molecule has 1 amide bonds. The monoisotopic (exact) mass is 344 g/mol. The third-order valence-electron chi connectivity index (χ3n) is 2.68. The van der Waals surface area contributed by atoms with Crippen molar-refractivity contribution in [2.24, 2.45) is 5.73 Å². The summed E-state index contributed by atoms with van der Waals surface area (Å²) in [4.78, 5) is 11.1. The second kappa shape index (κ2) is 8.81. The van der Waals surface area contributed by atoms with Crippen molar-refractivity contribution in [3.63, 3.8) is 0 Å². The number of benzene rings is 1. The van der Waals surface area contributed by atoms with Gasteiger partial charge in [-0.05, 0) is 47.0 Å². The molecule has 6 heteroatoms. The van der Waals surface area contributed by atoms with Gasteiger partial charge in [-0.3, -0.25) is 4.79 Å². The van der Waals surface area contributed by atoms with Gasteiger partial charge < -0.3 is 20.5 Å². The number of carbonyl (C=O) groups excluding carboxylic acids is 1. The first-order chi connectivity index (χ1) is 9.62. The minimum atomic E-state index is 0.0103. The summed E-state index contributed by atoms with van der Waals surface area (Å²) in [6, 6.07) is 3.79. The fraction of sp³-hybridized carbons (Fsp3) is 0.500. The van der Waals surface area contributed by atoms with E-state index in [1.807, 2.05) is 19.1 Å². The van der Waals surface area contributed by atoms with E-state index in [0.717, 1.165) is 10.0 Å². The molecule has 0 aliphatic heterocycles. The molecule has 0 radical (unpaired) electrons. The van der Waals surface area contributed by atoms with Crippen LogP contribution in [0.4, 0.5) is 0 Å². The van der Waals surface area contributed by atoms with Gasteiger partial charge >= 0.3 is 0 Å². The van der Waals surface area contributed by atoms with Crippen LogP contribution in [0.2, 0.25) is 0 Å². The van der Waals surface area contributed by atoms with E-state index >= 15 is 0 Å². The molecule has 20 heavy (non-hydrogen) atoms. The summed E-state index contributed by atoms with van der Waals surface area (Å²) < 4.78 is 12.1. The van der Waals surface area contributed by atoms with E-state index in [1.54, 1.807) is 7.05 Å². The van der Waals surface area contributed by atoms with E-state index in [2.05, 4.69) is 21.2 Å². The van der Waals surface area contributed by atoms with Crippen LogP contribution in [0.25, 0.3) is 0 Å². The maximum absolute atomic E-state index is 11.1. The summed E-state index contributed by atoms with van der Waals surface area (Å²) in [5.74, 6) is 1.33. The molecule has 3 N–H and O–H groups in total. The average Bonchev–Trinajstić information content (AvgIpc) is 2.45. The quantitative estimate of drug-likeness (QED) is 0.709. The van der Waals surface area contributed by atoms with Crippen LogP contribution in [-0.2, 0) is 11.3 Å². The Morgan fingerprint density at radius 2 is 2.15 bits per heavy atom. The molecule has 0 aliphatic rings. The Bertz CT molecular complexity index is 452. The van der Waals surface area contributed by atoms with E-state index in [1.165, 1.54) is 0 Å². The van der Waals surface area contributed by atoms with Crippen LogP contribution in [0.15, 0.2) is 16.6 Å². The lowest BCUT2D eigenvalue weighted by Crippen LogP contribution is -2.18. The van der Waals surface area contributed by atoms with Gasteiger partial charge in [0, 0.05) is 20.0 Å². The highest BCUT2D eigenvalue weighted by Gasteiger charge is 2.12. The molecule has 0 bridgehead atoms. The van der Waals surface area contributed by atoms with Crippen LogP contribution < -0.4 is 20.5 Å². The molecule has 112 valence electrons. The largest absolute Gasteiger partial charge is 0.490 e. The van der Waals surface area contributed by atoms with Crippen molar-refractivity contribution in [3.8, 4) is 11.5 Å². The second-order valence-electron chi connectivity index (χ2n) is 4.17. The number of carbonyl (C=O) groups is 1. The smallest absolute Gasteiger partial charge is 0.219 e. The number of ether oxygens (including phenoxy) is 2. The summed E-state index contributed by atoms with van der Waals surface area (Å²) >= 11 is 3.46. The molecule has 0 spiro atoms. The topological polar surface area (TPSA) is 73.6 Å². The Morgan fingerprint density at radius 3 is 2.75 bits per heavy atom. The highest BCUT2D eigenvalue weighted by atomic mass is 79.9. The fourth-order valence-corrected chi connectivity index (χ4v) is 2.28. The molecule has 0 heterocycles. The summed E-state index contributed by atoms with van der Waals surface area (Å²) in [6.07, 6.45) is 1.09. The number of rotatable bonds is 8. The zero-order valence-corrected chi connectivity index (χ0v) is 13.5. The molecule has 1 aromatic carbocycles. The molecule has 5 nitrogen and oxygen atoms in total. The Balaban J connectivity index is 2.69. The number of halogens is 1. The third-order valence-corrected chi connectivity index (χ3v) is 3.27. The van der Waals surface area contributed by atoms with E-state index < -0.39 is 0 Å². The zero-order chi connectivity index (χ0) is 15.0. The van der Waals surface area contributed by atoms with Crippen molar-refractivity contribution in [2.45, 2.75) is 26.3 Å². The van der Waals surface area contributed by atoms with Gasteiger partial charge in [-0.1, -0.05) is 0 Å². The van der Waals surface area contributed by atoms with Gasteiger partial charge in [0.2, 0.25) is 5.91 Å². The number of nitrogens with two attached hydrogens (primary N) is 1. The average molecular weight is 345 g/mol. The molecule has 0 unspecified atom stereocenters. The summed E-state index contributed by atoms with van der Waals surface area (Å²) in [5.41, 5.74) is 6.61. The zero-order valence-electron chi connectivity index (χ0n) is 11.9. The van der Waals surface area contributed by atoms with Gasteiger partial charge in [0.1, 0.15) is 0 Å². The van der Waals surface area contributed by atoms with Gasteiger partial charge in [-0.25, -0.2) is 0 Å². The van der Waals surface area contributed by atoms with Crippen LogP contribution in [0.1, 0.15) is 25.3 Å². The lowest BCUT2D eigenvalue weighted by molar-refractivity contribution is -0.120.